The SMILES string of the molecule is COc1ccc(O)c(C(=O)N2CCC(C)CC2)c1. The first-order valence-electron chi connectivity index (χ1n) is 6.28. The standard InChI is InChI=1S/C14H19NO3/c1-10-5-7-15(8-6-10)14(17)12-9-11(18-2)3-4-13(12)16/h3-4,9-10,16H,5-8H2,1-2H3. The summed E-state index contributed by atoms with van der Waals surface area (Å²) < 4.78 is 5.08. The Morgan fingerprint density at radius 2 is 2.06 bits per heavy atom. The van der Waals surface area contributed by atoms with Gasteiger partial charge in [-0.2, -0.15) is 0 Å². The Labute approximate surface area is 107 Å². The summed E-state index contributed by atoms with van der Waals surface area (Å²) in [6.07, 6.45) is 2.05. The topological polar surface area (TPSA) is 49.8 Å². The number of nitrogens with zero attached hydrogens (tertiary/aromatic N) is 1. The van der Waals surface area contributed by atoms with Crippen LogP contribution in [0.1, 0.15) is 30.1 Å². The van der Waals surface area contributed by atoms with E-state index >= 15 is 0 Å². The van der Waals surface area contributed by atoms with Gasteiger partial charge in [0.1, 0.15) is 11.5 Å². The van der Waals surface area contributed by atoms with E-state index in [-0.39, 0.29) is 11.7 Å². The quantitative estimate of drug-likeness (QED) is 0.874. The fourth-order valence-corrected chi connectivity index (χ4v) is 2.20. The number of phenols is 1. The highest BCUT2D eigenvalue weighted by atomic mass is 16.5. The third-order valence-corrected chi connectivity index (χ3v) is 3.50. The molecule has 0 unspecified atom stereocenters. The lowest BCUT2D eigenvalue weighted by atomic mass is 9.98. The van der Waals surface area contributed by atoms with Gasteiger partial charge in [0.25, 0.3) is 5.91 Å². The molecule has 4 heteroatoms. The summed E-state index contributed by atoms with van der Waals surface area (Å²) in [4.78, 5) is 14.1. The molecule has 0 spiro atoms. The lowest BCUT2D eigenvalue weighted by molar-refractivity contribution is 0.0694. The van der Waals surface area contributed by atoms with E-state index in [1.54, 1.807) is 24.1 Å². The molecule has 0 bridgehead atoms. The van der Waals surface area contributed by atoms with Crippen molar-refractivity contribution >= 4 is 5.91 Å². The van der Waals surface area contributed by atoms with Crippen LogP contribution < -0.4 is 4.74 Å². The lowest BCUT2D eigenvalue weighted by Gasteiger charge is -2.30. The average molecular weight is 249 g/mol. The Hall–Kier alpha value is -1.71. The molecule has 1 saturated heterocycles. The minimum absolute atomic E-state index is 0.0134. The Bertz CT molecular complexity index is 437. The van der Waals surface area contributed by atoms with Crippen LogP contribution in [0.2, 0.25) is 0 Å². The van der Waals surface area contributed by atoms with Gasteiger partial charge in [0.15, 0.2) is 0 Å². The van der Waals surface area contributed by atoms with E-state index in [9.17, 15) is 9.90 Å². The zero-order chi connectivity index (χ0) is 13.1. The summed E-state index contributed by atoms with van der Waals surface area (Å²) in [7, 11) is 1.54. The van der Waals surface area contributed by atoms with Crippen LogP contribution in [0.25, 0.3) is 0 Å². The van der Waals surface area contributed by atoms with Crippen molar-refractivity contribution in [3.05, 3.63) is 23.8 Å². The van der Waals surface area contributed by atoms with E-state index in [0.29, 0.717) is 17.2 Å². The molecule has 0 aromatic heterocycles. The first kappa shape index (κ1) is 12.7. The minimum atomic E-state index is -0.113. The van der Waals surface area contributed by atoms with Crippen LogP contribution in [0.3, 0.4) is 0 Å². The van der Waals surface area contributed by atoms with Crippen LogP contribution in [-0.4, -0.2) is 36.1 Å². The molecular formula is C14H19NO3. The largest absolute Gasteiger partial charge is 0.507 e. The third kappa shape index (κ3) is 2.58. The number of hydrogen-bond donors (Lipinski definition) is 1. The molecule has 1 aromatic rings. The number of rotatable bonds is 2. The first-order chi connectivity index (χ1) is 8.61. The normalized spacial score (nSPS) is 16.7. The number of methoxy groups -OCH3 is 1. The molecule has 0 aliphatic carbocycles. The number of aromatic hydroxyl groups is 1. The average Bonchev–Trinajstić information content (AvgIpc) is 2.39. The molecular weight excluding hydrogens is 230 g/mol. The molecule has 1 fully saturated rings. The molecule has 0 saturated carbocycles. The van der Waals surface area contributed by atoms with E-state index in [0.717, 1.165) is 25.9 Å². The Morgan fingerprint density at radius 1 is 1.39 bits per heavy atom. The van der Waals surface area contributed by atoms with Gasteiger partial charge in [-0.15, -0.1) is 0 Å². The van der Waals surface area contributed by atoms with Crippen molar-refractivity contribution in [3.8, 4) is 11.5 Å². The number of benzene rings is 1. The Morgan fingerprint density at radius 3 is 2.67 bits per heavy atom. The number of ether oxygens (including phenoxy) is 1. The number of phenolic OH excluding ortho intramolecular Hbond substituents is 1. The molecule has 1 heterocycles. The van der Waals surface area contributed by atoms with Gasteiger partial charge in [-0.25, -0.2) is 0 Å². The monoisotopic (exact) mass is 249 g/mol. The Balaban J connectivity index is 2.17. The van der Waals surface area contributed by atoms with Gasteiger partial charge in [0, 0.05) is 13.1 Å². The van der Waals surface area contributed by atoms with Crippen molar-refractivity contribution in [2.45, 2.75) is 19.8 Å². The Kier molecular flexibility index (Phi) is 3.75. The zero-order valence-corrected chi connectivity index (χ0v) is 10.8. The van der Waals surface area contributed by atoms with Crippen molar-refractivity contribution in [2.75, 3.05) is 20.2 Å². The van der Waals surface area contributed by atoms with Crippen LogP contribution in [-0.2, 0) is 0 Å². The van der Waals surface area contributed by atoms with Crippen LogP contribution in [0, 0.1) is 5.92 Å². The zero-order valence-electron chi connectivity index (χ0n) is 10.8. The second kappa shape index (κ2) is 5.29. The molecule has 4 nitrogen and oxygen atoms in total. The van der Waals surface area contributed by atoms with Crippen molar-refractivity contribution < 1.29 is 14.6 Å². The summed E-state index contributed by atoms with van der Waals surface area (Å²) in [5.41, 5.74) is 0.323. The molecule has 0 atom stereocenters. The maximum Gasteiger partial charge on any atom is 0.257 e. The minimum Gasteiger partial charge on any atom is -0.507 e. The molecule has 2 rings (SSSR count). The van der Waals surface area contributed by atoms with Crippen molar-refractivity contribution in [3.63, 3.8) is 0 Å². The van der Waals surface area contributed by atoms with Gasteiger partial charge in [0.2, 0.25) is 0 Å². The van der Waals surface area contributed by atoms with Crippen LogP contribution in [0.4, 0.5) is 0 Å². The van der Waals surface area contributed by atoms with Crippen molar-refractivity contribution in [1.29, 1.82) is 0 Å². The van der Waals surface area contributed by atoms with Gasteiger partial charge in [0.05, 0.1) is 12.7 Å². The first-order valence-corrected chi connectivity index (χ1v) is 6.28. The molecule has 1 N–H and O–H groups in total. The molecule has 18 heavy (non-hydrogen) atoms. The van der Waals surface area contributed by atoms with E-state index in [2.05, 4.69) is 6.92 Å². The number of piperidine rings is 1. The second-order valence-corrected chi connectivity index (χ2v) is 4.86. The van der Waals surface area contributed by atoms with Gasteiger partial charge in [-0.3, -0.25) is 4.79 Å². The third-order valence-electron chi connectivity index (χ3n) is 3.50. The highest BCUT2D eigenvalue weighted by Gasteiger charge is 2.23. The molecule has 0 radical (unpaired) electrons. The highest BCUT2D eigenvalue weighted by Crippen LogP contribution is 2.26. The summed E-state index contributed by atoms with van der Waals surface area (Å²) in [5.74, 6) is 1.16. The molecule has 98 valence electrons. The van der Waals surface area contributed by atoms with Gasteiger partial charge in [-0.1, -0.05) is 6.92 Å². The van der Waals surface area contributed by atoms with Crippen molar-refractivity contribution in [2.24, 2.45) is 5.92 Å². The van der Waals surface area contributed by atoms with Crippen LogP contribution in [0.5, 0.6) is 11.5 Å². The number of likely N-dealkylation sites (tertiary alicyclic amines) is 1. The predicted molar refractivity (Wildman–Crippen MR) is 69.0 cm³/mol. The molecule has 1 aliphatic heterocycles. The molecule has 1 aromatic carbocycles. The van der Waals surface area contributed by atoms with Crippen LogP contribution in [0.15, 0.2) is 18.2 Å². The summed E-state index contributed by atoms with van der Waals surface area (Å²) in [5, 5.41) is 9.78. The van der Waals surface area contributed by atoms with Gasteiger partial charge < -0.3 is 14.7 Å². The summed E-state index contributed by atoms with van der Waals surface area (Å²) in [6, 6.07) is 4.73. The van der Waals surface area contributed by atoms with E-state index < -0.39 is 0 Å². The number of amides is 1. The summed E-state index contributed by atoms with van der Waals surface area (Å²) in [6.45, 7) is 3.72. The fraction of sp³-hybridized carbons (Fsp3) is 0.500. The maximum atomic E-state index is 12.3. The summed E-state index contributed by atoms with van der Waals surface area (Å²) >= 11 is 0. The molecule has 1 aliphatic rings. The number of carbonyl (C=O) groups excluding carboxylic acids is 1. The predicted octanol–water partition coefficient (Wildman–Crippen LogP) is 2.27. The fourth-order valence-electron chi connectivity index (χ4n) is 2.20. The maximum absolute atomic E-state index is 12.3. The van der Waals surface area contributed by atoms with Gasteiger partial charge >= 0.3 is 0 Å². The van der Waals surface area contributed by atoms with E-state index in [4.69, 9.17) is 4.74 Å². The smallest absolute Gasteiger partial charge is 0.257 e. The molecule has 1 amide bonds. The number of carbonyl (C=O) groups is 1. The van der Waals surface area contributed by atoms with Crippen molar-refractivity contribution in [1.82, 2.24) is 4.90 Å². The van der Waals surface area contributed by atoms with Gasteiger partial charge in [-0.05, 0) is 37.0 Å². The second-order valence-electron chi connectivity index (χ2n) is 4.86. The van der Waals surface area contributed by atoms with Crippen LogP contribution >= 0.6 is 0 Å². The highest BCUT2D eigenvalue weighted by molar-refractivity contribution is 5.97. The lowest BCUT2D eigenvalue weighted by Crippen LogP contribution is -2.37. The number of hydrogen-bond acceptors (Lipinski definition) is 3. The van der Waals surface area contributed by atoms with E-state index in [1.807, 2.05) is 0 Å². The van der Waals surface area contributed by atoms with E-state index in [1.165, 1.54) is 6.07 Å².